The molecule has 1 heterocycles. The topological polar surface area (TPSA) is 203 Å². The van der Waals surface area contributed by atoms with E-state index in [1.54, 1.807) is 0 Å². The van der Waals surface area contributed by atoms with Crippen LogP contribution in [0.5, 0.6) is 0 Å². The maximum atomic E-state index is 12.9. The number of aliphatic carboxylic acids is 1. The first kappa shape index (κ1) is 23.6. The molecule has 10 N–H and O–H groups in total. The number of carboxylic acids is 1. The number of nitrogens with two attached hydrogens (primary N) is 4. The summed E-state index contributed by atoms with van der Waals surface area (Å²) in [7, 11) is 0. The van der Waals surface area contributed by atoms with Crippen LogP contribution in [0.15, 0.2) is 4.99 Å². The molecule has 11 nitrogen and oxygen atoms in total. The molecule has 0 aromatic carbocycles. The van der Waals surface area contributed by atoms with Crippen molar-refractivity contribution in [2.45, 2.75) is 63.1 Å². The van der Waals surface area contributed by atoms with E-state index < -0.39 is 35.9 Å². The van der Waals surface area contributed by atoms with Gasteiger partial charge in [-0.2, -0.15) is 0 Å². The lowest BCUT2D eigenvalue weighted by Crippen LogP contribution is -2.54. The summed E-state index contributed by atoms with van der Waals surface area (Å²) in [6, 6.07) is -2.50. The quantitative estimate of drug-likeness (QED) is 0.123. The molecule has 0 aliphatic carbocycles. The molecule has 1 rings (SSSR count). The third-order valence-corrected chi connectivity index (χ3v) is 4.69. The van der Waals surface area contributed by atoms with Crippen LogP contribution in [0.2, 0.25) is 0 Å². The van der Waals surface area contributed by atoms with Gasteiger partial charge in [0, 0.05) is 13.1 Å². The van der Waals surface area contributed by atoms with E-state index >= 15 is 0 Å². The second kappa shape index (κ2) is 12.1. The van der Waals surface area contributed by atoms with Gasteiger partial charge in [-0.05, 0) is 45.1 Å². The predicted molar refractivity (Wildman–Crippen MR) is 105 cm³/mol. The lowest BCUT2D eigenvalue weighted by atomic mass is 10.1. The SMILES string of the molecule is NCCCC[C@H](N)C(=O)N[C@@H](CCCN=C(N)N)C(=O)N1CCC[C@H]1C(=O)O. The summed E-state index contributed by atoms with van der Waals surface area (Å²) in [5.41, 5.74) is 21.9. The number of hydrogen-bond acceptors (Lipinski definition) is 6. The molecular weight excluding hydrogens is 366 g/mol. The van der Waals surface area contributed by atoms with Crippen molar-refractivity contribution in [1.29, 1.82) is 0 Å². The molecule has 28 heavy (non-hydrogen) atoms. The number of carboxylic acid groups (broad SMARTS) is 1. The number of guanidine groups is 1. The molecule has 160 valence electrons. The maximum Gasteiger partial charge on any atom is 0.326 e. The lowest BCUT2D eigenvalue weighted by molar-refractivity contribution is -0.149. The van der Waals surface area contributed by atoms with Gasteiger partial charge >= 0.3 is 5.97 Å². The molecule has 11 heteroatoms. The molecule has 0 unspecified atom stereocenters. The molecule has 0 aromatic heterocycles. The van der Waals surface area contributed by atoms with Crippen LogP contribution in [-0.2, 0) is 14.4 Å². The molecule has 0 aromatic rings. The van der Waals surface area contributed by atoms with E-state index in [2.05, 4.69) is 10.3 Å². The van der Waals surface area contributed by atoms with Gasteiger partial charge in [-0.1, -0.05) is 6.42 Å². The van der Waals surface area contributed by atoms with E-state index in [-0.39, 0.29) is 12.4 Å². The number of unbranched alkanes of at least 4 members (excludes halogenated alkanes) is 1. The van der Waals surface area contributed by atoms with Crippen molar-refractivity contribution in [2.24, 2.45) is 27.9 Å². The molecular formula is C17H33N7O4. The maximum absolute atomic E-state index is 12.9. The number of carbonyl (C=O) groups excluding carboxylic acids is 2. The number of aliphatic imine (C=N–C) groups is 1. The second-order valence-corrected chi connectivity index (χ2v) is 6.93. The third kappa shape index (κ3) is 7.69. The van der Waals surface area contributed by atoms with Crippen molar-refractivity contribution in [3.63, 3.8) is 0 Å². The highest BCUT2D eigenvalue weighted by Crippen LogP contribution is 2.19. The zero-order valence-electron chi connectivity index (χ0n) is 16.2. The van der Waals surface area contributed by atoms with Gasteiger partial charge in [0.05, 0.1) is 6.04 Å². The Labute approximate surface area is 164 Å². The highest BCUT2D eigenvalue weighted by molar-refractivity contribution is 5.92. The fourth-order valence-corrected chi connectivity index (χ4v) is 3.17. The van der Waals surface area contributed by atoms with Crippen LogP contribution in [0, 0.1) is 0 Å². The van der Waals surface area contributed by atoms with Gasteiger partial charge in [0.1, 0.15) is 12.1 Å². The van der Waals surface area contributed by atoms with Gasteiger partial charge in [0.15, 0.2) is 5.96 Å². The lowest BCUT2D eigenvalue weighted by Gasteiger charge is -2.28. The van der Waals surface area contributed by atoms with Crippen molar-refractivity contribution in [3.05, 3.63) is 0 Å². The van der Waals surface area contributed by atoms with E-state index in [1.165, 1.54) is 4.90 Å². The molecule has 3 atom stereocenters. The van der Waals surface area contributed by atoms with Crippen LogP contribution in [-0.4, -0.2) is 71.5 Å². The molecule has 1 aliphatic heterocycles. The van der Waals surface area contributed by atoms with Crippen LogP contribution in [0.4, 0.5) is 0 Å². The Morgan fingerprint density at radius 2 is 1.89 bits per heavy atom. The van der Waals surface area contributed by atoms with Crippen molar-refractivity contribution in [2.75, 3.05) is 19.6 Å². The predicted octanol–water partition coefficient (Wildman–Crippen LogP) is -1.94. The van der Waals surface area contributed by atoms with Crippen molar-refractivity contribution in [1.82, 2.24) is 10.2 Å². The molecule has 1 fully saturated rings. The first-order chi connectivity index (χ1) is 13.3. The van der Waals surface area contributed by atoms with Crippen molar-refractivity contribution in [3.8, 4) is 0 Å². The molecule has 1 saturated heterocycles. The average molecular weight is 399 g/mol. The molecule has 1 aliphatic rings. The summed E-state index contributed by atoms with van der Waals surface area (Å²) >= 11 is 0. The van der Waals surface area contributed by atoms with Gasteiger partial charge in [-0.15, -0.1) is 0 Å². The van der Waals surface area contributed by atoms with Crippen LogP contribution in [0.25, 0.3) is 0 Å². The van der Waals surface area contributed by atoms with Gasteiger partial charge < -0.3 is 38.3 Å². The first-order valence-electron chi connectivity index (χ1n) is 9.62. The number of rotatable bonds is 12. The minimum absolute atomic E-state index is 0.0562. The van der Waals surface area contributed by atoms with Crippen LogP contribution in [0.1, 0.15) is 44.9 Å². The van der Waals surface area contributed by atoms with E-state index in [1.807, 2.05) is 0 Å². The summed E-state index contributed by atoms with van der Waals surface area (Å²) in [4.78, 5) is 41.9. The second-order valence-electron chi connectivity index (χ2n) is 6.93. The monoisotopic (exact) mass is 399 g/mol. The summed E-state index contributed by atoms with van der Waals surface area (Å²) in [6.45, 7) is 1.16. The summed E-state index contributed by atoms with van der Waals surface area (Å²) in [5.74, 6) is -1.96. The summed E-state index contributed by atoms with van der Waals surface area (Å²) in [6.07, 6.45) is 3.66. The minimum Gasteiger partial charge on any atom is -0.480 e. The Morgan fingerprint density at radius 3 is 2.50 bits per heavy atom. The fraction of sp³-hybridized carbons (Fsp3) is 0.765. The third-order valence-electron chi connectivity index (χ3n) is 4.69. The number of nitrogens with zero attached hydrogens (tertiary/aromatic N) is 2. The Balaban J connectivity index is 2.77. The summed E-state index contributed by atoms with van der Waals surface area (Å²) < 4.78 is 0. The molecule has 0 saturated carbocycles. The highest BCUT2D eigenvalue weighted by Gasteiger charge is 2.37. The summed E-state index contributed by atoms with van der Waals surface area (Å²) in [5, 5.41) is 12.0. The molecule has 0 bridgehead atoms. The smallest absolute Gasteiger partial charge is 0.326 e. The molecule has 2 amide bonds. The van der Waals surface area contributed by atoms with Crippen LogP contribution in [0.3, 0.4) is 0 Å². The Bertz CT molecular complexity index is 566. The van der Waals surface area contributed by atoms with E-state index in [0.717, 1.165) is 6.42 Å². The number of likely N-dealkylation sites (tertiary alicyclic amines) is 1. The van der Waals surface area contributed by atoms with Crippen LogP contribution >= 0.6 is 0 Å². The zero-order valence-corrected chi connectivity index (χ0v) is 16.2. The van der Waals surface area contributed by atoms with E-state index in [9.17, 15) is 19.5 Å². The molecule has 0 radical (unpaired) electrons. The van der Waals surface area contributed by atoms with Crippen LogP contribution < -0.4 is 28.3 Å². The number of hydrogen-bond donors (Lipinski definition) is 6. The Morgan fingerprint density at radius 1 is 1.18 bits per heavy atom. The van der Waals surface area contributed by atoms with E-state index in [4.69, 9.17) is 22.9 Å². The first-order valence-corrected chi connectivity index (χ1v) is 9.62. The van der Waals surface area contributed by atoms with E-state index in [0.29, 0.717) is 51.7 Å². The standard InChI is InChI=1S/C17H33N7O4/c18-8-2-1-5-11(19)14(25)23-12(6-3-9-22-17(20)21)15(26)24-10-4-7-13(24)16(27)28/h11-13H,1-10,18-19H2,(H,23,25)(H,27,28)(H4,20,21,22)/t11-,12-,13-/m0/s1. The minimum atomic E-state index is -1.05. The molecule has 0 spiro atoms. The Kier molecular flexibility index (Phi) is 10.2. The van der Waals surface area contributed by atoms with Crippen molar-refractivity contribution < 1.29 is 19.5 Å². The highest BCUT2D eigenvalue weighted by atomic mass is 16.4. The number of amides is 2. The van der Waals surface area contributed by atoms with Gasteiger partial charge in [0.25, 0.3) is 0 Å². The van der Waals surface area contributed by atoms with Gasteiger partial charge in [-0.3, -0.25) is 14.6 Å². The van der Waals surface area contributed by atoms with Gasteiger partial charge in [-0.25, -0.2) is 4.79 Å². The largest absolute Gasteiger partial charge is 0.480 e. The normalized spacial score (nSPS) is 18.4. The van der Waals surface area contributed by atoms with Gasteiger partial charge in [0.2, 0.25) is 11.8 Å². The fourth-order valence-electron chi connectivity index (χ4n) is 3.17. The Hall–Kier alpha value is -2.40. The number of carbonyl (C=O) groups is 3. The van der Waals surface area contributed by atoms with Crippen molar-refractivity contribution >= 4 is 23.7 Å². The zero-order chi connectivity index (χ0) is 21.1. The average Bonchev–Trinajstić information content (AvgIpc) is 3.13. The number of nitrogens with one attached hydrogen (secondary N) is 1.